The van der Waals surface area contributed by atoms with Crippen molar-refractivity contribution >= 4 is 5.91 Å². The Hall–Kier alpha value is -2.89. The molecule has 2 aromatic heterocycles. The number of benzene rings is 1. The predicted molar refractivity (Wildman–Crippen MR) is 96.3 cm³/mol. The van der Waals surface area contributed by atoms with Gasteiger partial charge < -0.3 is 9.32 Å². The highest BCUT2D eigenvalue weighted by Gasteiger charge is 2.31. The number of piperidine rings is 1. The Kier molecular flexibility index (Phi) is 4.82. The largest absolute Gasteiger partial charge is 0.443 e. The van der Waals surface area contributed by atoms with Crippen molar-refractivity contribution in [3.05, 3.63) is 72.2 Å². The van der Waals surface area contributed by atoms with Crippen LogP contribution in [0, 0.1) is 0 Å². The number of carbonyl (C=O) groups excluding carboxylic acids is 1. The normalized spacial score (nSPS) is 17.4. The van der Waals surface area contributed by atoms with E-state index in [9.17, 15) is 4.79 Å². The molecule has 0 radical (unpaired) electrons. The summed E-state index contributed by atoms with van der Waals surface area (Å²) < 4.78 is 7.67. The van der Waals surface area contributed by atoms with Crippen LogP contribution in [0.15, 0.2) is 59.4 Å². The van der Waals surface area contributed by atoms with Crippen molar-refractivity contribution in [2.45, 2.75) is 38.3 Å². The summed E-state index contributed by atoms with van der Waals surface area (Å²) in [5.41, 5.74) is 1.19. The van der Waals surface area contributed by atoms with Crippen LogP contribution in [0.5, 0.6) is 0 Å². The molecule has 1 atom stereocenters. The summed E-state index contributed by atoms with van der Waals surface area (Å²) in [6, 6.07) is 11.9. The first-order valence-electron chi connectivity index (χ1n) is 9.05. The van der Waals surface area contributed by atoms with E-state index in [4.69, 9.17) is 4.42 Å². The van der Waals surface area contributed by atoms with Crippen LogP contribution >= 0.6 is 0 Å². The van der Waals surface area contributed by atoms with Gasteiger partial charge in [0.05, 0.1) is 6.20 Å². The molecule has 3 heterocycles. The Morgan fingerprint density at radius 3 is 2.88 bits per heavy atom. The minimum atomic E-state index is -0.0867. The highest BCUT2D eigenvalue weighted by atomic mass is 16.4. The minimum absolute atomic E-state index is 0.0567. The second-order valence-electron chi connectivity index (χ2n) is 6.63. The molecular formula is C20H22N4O2. The van der Waals surface area contributed by atoms with Gasteiger partial charge in [0.2, 0.25) is 11.8 Å². The number of likely N-dealkylation sites (tertiary alicyclic amines) is 1. The Labute approximate surface area is 152 Å². The van der Waals surface area contributed by atoms with Crippen molar-refractivity contribution in [2.75, 3.05) is 6.54 Å². The molecule has 26 heavy (non-hydrogen) atoms. The fraction of sp³-hybridized carbons (Fsp3) is 0.350. The van der Waals surface area contributed by atoms with Gasteiger partial charge in [-0.25, -0.2) is 4.98 Å². The van der Waals surface area contributed by atoms with Gasteiger partial charge >= 0.3 is 0 Å². The Balaban J connectivity index is 1.48. The molecule has 1 saturated heterocycles. The molecule has 0 N–H and O–H groups in total. The van der Waals surface area contributed by atoms with Gasteiger partial charge in [0.15, 0.2) is 0 Å². The van der Waals surface area contributed by atoms with Crippen LogP contribution in [0.3, 0.4) is 0 Å². The first kappa shape index (κ1) is 16.6. The third kappa shape index (κ3) is 3.69. The quantitative estimate of drug-likeness (QED) is 0.709. The van der Waals surface area contributed by atoms with Crippen molar-refractivity contribution in [1.82, 2.24) is 19.7 Å². The van der Waals surface area contributed by atoms with E-state index in [0.29, 0.717) is 12.3 Å². The zero-order valence-corrected chi connectivity index (χ0v) is 14.6. The molecule has 1 aliphatic heterocycles. The summed E-state index contributed by atoms with van der Waals surface area (Å²) in [6.45, 7) is 0.988. The van der Waals surface area contributed by atoms with Crippen LogP contribution in [-0.4, -0.2) is 32.1 Å². The van der Waals surface area contributed by atoms with Crippen molar-refractivity contribution in [1.29, 1.82) is 0 Å². The average Bonchev–Trinajstić information content (AvgIpc) is 3.35. The molecule has 0 spiro atoms. The lowest BCUT2D eigenvalue weighted by Gasteiger charge is -2.33. The van der Waals surface area contributed by atoms with Crippen LogP contribution in [0.25, 0.3) is 0 Å². The molecule has 134 valence electrons. The van der Waals surface area contributed by atoms with Gasteiger partial charge in [0.25, 0.3) is 0 Å². The Morgan fingerprint density at radius 1 is 1.19 bits per heavy atom. The first-order chi connectivity index (χ1) is 12.8. The molecule has 6 heteroatoms. The SMILES string of the molecule is O=C(Cn1cccn1)N1CCCC[C@@H]1c1ncc(Cc2ccccc2)o1. The maximum atomic E-state index is 12.7. The standard InChI is InChI=1S/C20H22N4O2/c25-19(15-23-11-6-10-22-23)24-12-5-4-9-18(24)20-21-14-17(26-20)13-16-7-2-1-3-8-16/h1-3,6-8,10-11,14,18H,4-5,9,12-13,15H2/t18-/m1/s1. The summed E-state index contributed by atoms with van der Waals surface area (Å²) in [5.74, 6) is 1.53. The molecule has 0 saturated carbocycles. The van der Waals surface area contributed by atoms with Crippen molar-refractivity contribution in [2.24, 2.45) is 0 Å². The second-order valence-corrected chi connectivity index (χ2v) is 6.63. The fourth-order valence-electron chi connectivity index (χ4n) is 3.47. The number of hydrogen-bond donors (Lipinski definition) is 0. The van der Waals surface area contributed by atoms with Gasteiger partial charge in [-0.3, -0.25) is 9.48 Å². The van der Waals surface area contributed by atoms with Gasteiger partial charge in [-0.2, -0.15) is 5.10 Å². The van der Waals surface area contributed by atoms with Crippen LogP contribution in [-0.2, 0) is 17.8 Å². The topological polar surface area (TPSA) is 64.2 Å². The summed E-state index contributed by atoms with van der Waals surface area (Å²) in [7, 11) is 0. The molecule has 1 fully saturated rings. The lowest BCUT2D eigenvalue weighted by molar-refractivity contribution is -0.136. The maximum Gasteiger partial charge on any atom is 0.244 e. The summed E-state index contributed by atoms with van der Waals surface area (Å²) in [6.07, 6.45) is 8.96. The number of aromatic nitrogens is 3. The fourth-order valence-corrected chi connectivity index (χ4v) is 3.47. The monoisotopic (exact) mass is 350 g/mol. The van der Waals surface area contributed by atoms with Gasteiger partial charge in [0, 0.05) is 25.4 Å². The highest BCUT2D eigenvalue weighted by molar-refractivity contribution is 5.76. The molecule has 1 aliphatic rings. The van der Waals surface area contributed by atoms with E-state index in [1.165, 1.54) is 5.56 Å². The zero-order chi connectivity index (χ0) is 17.8. The number of oxazole rings is 1. The van der Waals surface area contributed by atoms with E-state index in [0.717, 1.165) is 31.6 Å². The molecule has 1 amide bonds. The van der Waals surface area contributed by atoms with Gasteiger partial charge in [-0.15, -0.1) is 0 Å². The molecule has 3 aromatic rings. The zero-order valence-electron chi connectivity index (χ0n) is 14.6. The number of nitrogens with zero attached hydrogens (tertiary/aromatic N) is 4. The molecule has 0 aliphatic carbocycles. The molecule has 0 bridgehead atoms. The molecular weight excluding hydrogens is 328 g/mol. The van der Waals surface area contributed by atoms with E-state index >= 15 is 0 Å². The number of hydrogen-bond acceptors (Lipinski definition) is 4. The van der Waals surface area contributed by atoms with Crippen LogP contribution < -0.4 is 0 Å². The number of rotatable bonds is 5. The van der Waals surface area contributed by atoms with Crippen LogP contribution in [0.1, 0.15) is 42.5 Å². The number of carbonyl (C=O) groups is 1. The van der Waals surface area contributed by atoms with E-state index in [2.05, 4.69) is 22.2 Å². The maximum absolute atomic E-state index is 12.7. The minimum Gasteiger partial charge on any atom is -0.443 e. The van der Waals surface area contributed by atoms with E-state index < -0.39 is 0 Å². The van der Waals surface area contributed by atoms with E-state index in [1.54, 1.807) is 23.3 Å². The van der Waals surface area contributed by atoms with Crippen LogP contribution in [0.2, 0.25) is 0 Å². The smallest absolute Gasteiger partial charge is 0.244 e. The predicted octanol–water partition coefficient (Wildman–Crippen LogP) is 3.22. The lowest BCUT2D eigenvalue weighted by atomic mass is 10.0. The summed E-state index contributed by atoms with van der Waals surface area (Å²) in [4.78, 5) is 19.1. The highest BCUT2D eigenvalue weighted by Crippen LogP contribution is 2.31. The van der Waals surface area contributed by atoms with E-state index in [-0.39, 0.29) is 18.5 Å². The molecule has 0 unspecified atom stereocenters. The molecule has 1 aromatic carbocycles. The Morgan fingerprint density at radius 2 is 2.08 bits per heavy atom. The Bertz CT molecular complexity index is 842. The molecule has 6 nitrogen and oxygen atoms in total. The lowest BCUT2D eigenvalue weighted by Crippen LogP contribution is -2.40. The average molecular weight is 350 g/mol. The third-order valence-electron chi connectivity index (χ3n) is 4.76. The second kappa shape index (κ2) is 7.56. The molecule has 4 rings (SSSR count). The number of amides is 1. The van der Waals surface area contributed by atoms with E-state index in [1.807, 2.05) is 29.2 Å². The van der Waals surface area contributed by atoms with Crippen molar-refractivity contribution in [3.8, 4) is 0 Å². The van der Waals surface area contributed by atoms with Crippen molar-refractivity contribution in [3.63, 3.8) is 0 Å². The summed E-state index contributed by atoms with van der Waals surface area (Å²) >= 11 is 0. The first-order valence-corrected chi connectivity index (χ1v) is 9.05. The van der Waals surface area contributed by atoms with Gasteiger partial charge in [0.1, 0.15) is 18.3 Å². The third-order valence-corrected chi connectivity index (χ3v) is 4.76. The van der Waals surface area contributed by atoms with Crippen molar-refractivity contribution < 1.29 is 9.21 Å². The van der Waals surface area contributed by atoms with Gasteiger partial charge in [-0.1, -0.05) is 30.3 Å². The van der Waals surface area contributed by atoms with Crippen LogP contribution in [0.4, 0.5) is 0 Å². The summed E-state index contributed by atoms with van der Waals surface area (Å²) in [5, 5.41) is 4.13. The van der Waals surface area contributed by atoms with Gasteiger partial charge in [-0.05, 0) is 30.9 Å².